The molecule has 11 heteroatoms. The average Bonchev–Trinajstić information content (AvgIpc) is 3.07. The zero-order chi connectivity index (χ0) is 37.4. The maximum Gasteiger partial charge on any atom is 0.337 e. The fourth-order valence-corrected chi connectivity index (χ4v) is 5.27. The maximum atomic E-state index is 13.7. The van der Waals surface area contributed by atoms with E-state index in [9.17, 15) is 34.2 Å². The third kappa shape index (κ3) is 17.5. The summed E-state index contributed by atoms with van der Waals surface area (Å²) >= 11 is 0. The number of ketones is 1. The number of hydrogen-bond donors (Lipinski definition) is 3. The molecule has 0 saturated carbocycles. The molecule has 0 heterocycles. The van der Waals surface area contributed by atoms with Crippen LogP contribution in [-0.4, -0.2) is 71.3 Å². The molecule has 0 aromatic heterocycles. The largest absolute Gasteiger partial charge is 0.481 e. The Bertz CT molecular complexity index is 1290. The standard InChI is InChI=1S/C39H57NO10/c1-6-8-10-13-16-19-31(41)20-17-14-11-12-15-18-21-33(39(47,38(45)46)28-35(42)50-29(3)4)36(43)40-34(37(44)48-5)27-30-22-24-32(25-23-30)49-26-9-7-2/h18,21-25,29,33-34,47H,6,8,10-17,19-20,26-28H2,1-5H3,(H,40,43)(H,45,46)/b21-18+/t33-,34+,39+/m1/s1. The Balaban J connectivity index is 3.01. The van der Waals surface area contributed by atoms with E-state index in [-0.39, 0.29) is 18.8 Å². The lowest BCUT2D eigenvalue weighted by atomic mass is 9.82. The summed E-state index contributed by atoms with van der Waals surface area (Å²) in [5.74, 6) is 0.0593. The van der Waals surface area contributed by atoms with Crippen molar-refractivity contribution in [3.8, 4) is 17.6 Å². The lowest BCUT2D eigenvalue weighted by molar-refractivity contribution is -0.175. The van der Waals surface area contributed by atoms with Gasteiger partial charge in [0.25, 0.3) is 0 Å². The van der Waals surface area contributed by atoms with Crippen LogP contribution in [0.2, 0.25) is 0 Å². The number of unbranched alkanes of at least 4 members (excludes halogenated alkanes) is 8. The van der Waals surface area contributed by atoms with Gasteiger partial charge in [-0.25, -0.2) is 9.59 Å². The Morgan fingerprint density at radius 2 is 1.56 bits per heavy atom. The van der Waals surface area contributed by atoms with Crippen molar-refractivity contribution in [3.05, 3.63) is 42.0 Å². The molecule has 1 amide bonds. The number of hydrogen-bond acceptors (Lipinski definition) is 9. The van der Waals surface area contributed by atoms with Gasteiger partial charge in [0.15, 0.2) is 5.60 Å². The number of rotatable bonds is 26. The summed E-state index contributed by atoms with van der Waals surface area (Å²) in [6.07, 6.45) is 11.6. The van der Waals surface area contributed by atoms with Gasteiger partial charge in [0.2, 0.25) is 5.91 Å². The van der Waals surface area contributed by atoms with Crippen LogP contribution >= 0.6 is 0 Å². The molecule has 1 rings (SSSR count). The maximum absolute atomic E-state index is 13.7. The van der Waals surface area contributed by atoms with Crippen molar-refractivity contribution in [3.63, 3.8) is 0 Å². The van der Waals surface area contributed by atoms with Crippen LogP contribution in [0.5, 0.6) is 5.75 Å². The van der Waals surface area contributed by atoms with Crippen LogP contribution in [0.4, 0.5) is 0 Å². The number of methoxy groups -OCH3 is 1. The van der Waals surface area contributed by atoms with Crippen molar-refractivity contribution >= 4 is 29.6 Å². The van der Waals surface area contributed by atoms with Crippen LogP contribution in [0.25, 0.3) is 0 Å². The fraction of sp³-hybridized carbons (Fsp3) is 0.615. The molecule has 3 atom stereocenters. The van der Waals surface area contributed by atoms with Gasteiger partial charge in [-0.05, 0) is 64.2 Å². The lowest BCUT2D eigenvalue weighted by Crippen LogP contribution is -2.55. The van der Waals surface area contributed by atoms with Crippen molar-refractivity contribution in [2.75, 3.05) is 13.7 Å². The van der Waals surface area contributed by atoms with Gasteiger partial charge in [-0.2, -0.15) is 0 Å². The molecule has 0 aliphatic heterocycles. The van der Waals surface area contributed by atoms with Gasteiger partial charge in [0, 0.05) is 19.3 Å². The Hall–Kier alpha value is -4.17. The number of benzene rings is 1. The summed E-state index contributed by atoms with van der Waals surface area (Å²) in [5.41, 5.74) is -2.23. The summed E-state index contributed by atoms with van der Waals surface area (Å²) in [6.45, 7) is 7.22. The summed E-state index contributed by atoms with van der Waals surface area (Å²) < 4.78 is 15.5. The van der Waals surface area contributed by atoms with Crippen molar-refractivity contribution < 1.29 is 48.4 Å². The minimum Gasteiger partial charge on any atom is -0.481 e. The number of carboxylic acids is 1. The number of carbonyl (C=O) groups is 5. The first-order chi connectivity index (χ1) is 23.9. The molecule has 0 radical (unpaired) electrons. The Kier molecular flexibility index (Phi) is 21.8. The molecule has 0 spiro atoms. The van der Waals surface area contributed by atoms with Gasteiger partial charge in [-0.1, -0.05) is 75.7 Å². The predicted molar refractivity (Wildman–Crippen MR) is 190 cm³/mol. The highest BCUT2D eigenvalue weighted by atomic mass is 16.5. The van der Waals surface area contributed by atoms with E-state index in [4.69, 9.17) is 14.2 Å². The van der Waals surface area contributed by atoms with Crippen LogP contribution in [0, 0.1) is 17.8 Å². The number of aliphatic hydroxyl groups is 1. The predicted octanol–water partition coefficient (Wildman–Crippen LogP) is 5.89. The minimum absolute atomic E-state index is 0.00779. The van der Waals surface area contributed by atoms with E-state index in [1.807, 2.05) is 0 Å². The summed E-state index contributed by atoms with van der Waals surface area (Å²) in [6, 6.07) is 5.54. The first kappa shape index (κ1) is 43.9. The molecule has 0 bridgehead atoms. The average molecular weight is 700 g/mol. The monoisotopic (exact) mass is 699 g/mol. The van der Waals surface area contributed by atoms with E-state index in [1.165, 1.54) is 25.3 Å². The van der Waals surface area contributed by atoms with E-state index < -0.39 is 53.9 Å². The second-order valence-corrected chi connectivity index (χ2v) is 12.7. The quantitative estimate of drug-likeness (QED) is 0.0460. The molecular formula is C39H57NO10. The molecular weight excluding hydrogens is 642 g/mol. The van der Waals surface area contributed by atoms with E-state index >= 15 is 0 Å². The zero-order valence-electron chi connectivity index (χ0n) is 30.5. The van der Waals surface area contributed by atoms with Gasteiger partial charge in [0.1, 0.15) is 24.2 Å². The Labute approximate surface area is 297 Å². The van der Waals surface area contributed by atoms with Crippen LogP contribution < -0.4 is 10.1 Å². The SMILES string of the molecule is CC#CCOc1ccc(C[C@H](NC(=O)[C@@H](/C=C/CCCCCCC(=O)CCCCCCC)[C@@](O)(CC(=O)OC(C)C)C(=O)O)C(=O)OC)cc1. The van der Waals surface area contributed by atoms with Gasteiger partial charge >= 0.3 is 17.9 Å². The minimum atomic E-state index is -2.87. The molecule has 3 N–H and O–H groups in total. The second-order valence-electron chi connectivity index (χ2n) is 12.7. The van der Waals surface area contributed by atoms with E-state index in [0.29, 0.717) is 37.0 Å². The Morgan fingerprint density at radius 3 is 2.12 bits per heavy atom. The van der Waals surface area contributed by atoms with Gasteiger partial charge in [-0.3, -0.25) is 14.4 Å². The molecule has 0 saturated heterocycles. The first-order valence-corrected chi connectivity index (χ1v) is 17.7. The second kappa shape index (κ2) is 24.9. The highest BCUT2D eigenvalue weighted by molar-refractivity contribution is 5.95. The summed E-state index contributed by atoms with van der Waals surface area (Å²) in [4.78, 5) is 63.6. The third-order valence-electron chi connectivity index (χ3n) is 8.07. The van der Waals surface area contributed by atoms with Crippen LogP contribution in [-0.2, 0) is 39.9 Å². The Morgan fingerprint density at radius 1 is 0.940 bits per heavy atom. The molecule has 0 aliphatic rings. The van der Waals surface area contributed by atoms with Crippen LogP contribution in [0.15, 0.2) is 36.4 Å². The van der Waals surface area contributed by atoms with Crippen molar-refractivity contribution in [2.24, 2.45) is 5.92 Å². The first-order valence-electron chi connectivity index (χ1n) is 17.7. The van der Waals surface area contributed by atoms with Gasteiger partial charge in [0.05, 0.1) is 25.6 Å². The molecule has 1 aromatic rings. The highest BCUT2D eigenvalue weighted by Crippen LogP contribution is 2.27. The number of aliphatic carboxylic acids is 1. The molecule has 0 fully saturated rings. The number of carbonyl (C=O) groups excluding carboxylic acids is 4. The number of carboxylic acid groups (broad SMARTS) is 1. The van der Waals surface area contributed by atoms with Crippen LogP contribution in [0.3, 0.4) is 0 Å². The molecule has 0 aliphatic carbocycles. The topological polar surface area (TPSA) is 166 Å². The molecule has 0 unspecified atom stereocenters. The fourth-order valence-electron chi connectivity index (χ4n) is 5.27. The number of Topliss-reactive ketones (excluding diaryl/α,β-unsaturated/α-hetero) is 1. The number of allylic oxidation sites excluding steroid dienone is 1. The van der Waals surface area contributed by atoms with Crippen molar-refractivity contribution in [1.82, 2.24) is 5.32 Å². The summed E-state index contributed by atoms with van der Waals surface area (Å²) in [7, 11) is 1.16. The van der Waals surface area contributed by atoms with Crippen molar-refractivity contribution in [1.29, 1.82) is 0 Å². The molecule has 1 aromatic carbocycles. The summed E-state index contributed by atoms with van der Waals surface area (Å²) in [5, 5.41) is 24.0. The van der Waals surface area contributed by atoms with Crippen LogP contribution in [0.1, 0.15) is 117 Å². The number of amides is 1. The smallest absolute Gasteiger partial charge is 0.337 e. The lowest BCUT2D eigenvalue weighted by Gasteiger charge is -2.30. The van der Waals surface area contributed by atoms with Gasteiger partial charge in [-0.15, -0.1) is 5.92 Å². The van der Waals surface area contributed by atoms with E-state index in [1.54, 1.807) is 51.1 Å². The number of ether oxygens (including phenoxy) is 3. The third-order valence-corrected chi connectivity index (χ3v) is 8.07. The molecule has 50 heavy (non-hydrogen) atoms. The van der Waals surface area contributed by atoms with Gasteiger partial charge < -0.3 is 29.7 Å². The van der Waals surface area contributed by atoms with E-state index in [0.717, 1.165) is 39.2 Å². The number of esters is 2. The number of nitrogens with one attached hydrogen (secondary N) is 1. The van der Waals surface area contributed by atoms with E-state index in [2.05, 4.69) is 24.1 Å². The molecule has 11 nitrogen and oxygen atoms in total. The zero-order valence-corrected chi connectivity index (χ0v) is 30.5. The highest BCUT2D eigenvalue weighted by Gasteiger charge is 2.49. The normalized spacial score (nSPS) is 13.4. The molecule has 278 valence electrons. The van der Waals surface area contributed by atoms with Crippen molar-refractivity contribution in [2.45, 2.75) is 135 Å².